The van der Waals surface area contributed by atoms with Crippen molar-refractivity contribution < 1.29 is 27.6 Å². The number of carbonyl (C=O) groups excluding carboxylic acids is 3. The zero-order valence-electron chi connectivity index (χ0n) is 22.0. The monoisotopic (exact) mass is 559 g/mol. The quantitative estimate of drug-likeness (QED) is 0.472. The molecular weight excluding hydrogens is 531 g/mol. The molecule has 0 bridgehead atoms. The molecule has 5 heterocycles. The number of piperazine rings is 1. The van der Waals surface area contributed by atoms with Crippen LogP contribution in [-0.4, -0.2) is 57.1 Å². The number of likely N-dealkylation sites (tertiary alicyclic amines) is 1. The van der Waals surface area contributed by atoms with E-state index in [2.05, 4.69) is 15.3 Å². The highest BCUT2D eigenvalue weighted by molar-refractivity contribution is 7.19. The van der Waals surface area contributed by atoms with E-state index in [1.54, 1.807) is 44.7 Å². The molecule has 39 heavy (non-hydrogen) atoms. The minimum atomic E-state index is -4.66. The maximum atomic E-state index is 13.8. The first-order chi connectivity index (χ1) is 18.3. The number of rotatable bonds is 5. The van der Waals surface area contributed by atoms with Crippen molar-refractivity contribution in [3.05, 3.63) is 46.1 Å². The smallest absolute Gasteiger partial charge is 0.336 e. The standard InChI is InChI=1S/C27H28F3N5O3S/c1-14-9-20(27(28,29)30)33-22(18(14)13-34-8-7-31-11-21(34)36)17-5-6-32-19-10-16(39-23(17)19)12-35-24(37)15(2)26(3,4)25(35)38/h5-6,9-10,15,31H,7-8,11-13H2,1-4H3. The second-order valence-electron chi connectivity index (χ2n) is 10.6. The topological polar surface area (TPSA) is 95.5 Å². The third-order valence-corrected chi connectivity index (χ3v) is 8.86. The van der Waals surface area contributed by atoms with Crippen molar-refractivity contribution in [2.24, 2.45) is 11.3 Å². The molecule has 0 spiro atoms. The SMILES string of the molecule is Cc1cc(C(F)(F)F)nc(-c2ccnc3cc(CN4C(=O)C(C)C(C)(C)C4=O)sc23)c1CN1CCNCC1=O. The number of alkyl halides is 3. The Morgan fingerprint density at radius 1 is 1.18 bits per heavy atom. The van der Waals surface area contributed by atoms with Gasteiger partial charge in [-0.2, -0.15) is 13.2 Å². The van der Waals surface area contributed by atoms with E-state index < -0.39 is 23.2 Å². The summed E-state index contributed by atoms with van der Waals surface area (Å²) in [6.07, 6.45) is -3.15. The van der Waals surface area contributed by atoms with Gasteiger partial charge in [0.1, 0.15) is 5.69 Å². The van der Waals surface area contributed by atoms with Crippen LogP contribution in [0, 0.1) is 18.3 Å². The van der Waals surface area contributed by atoms with Crippen LogP contribution in [0.3, 0.4) is 0 Å². The van der Waals surface area contributed by atoms with Crippen LogP contribution in [0.2, 0.25) is 0 Å². The van der Waals surface area contributed by atoms with Crippen molar-refractivity contribution in [2.75, 3.05) is 19.6 Å². The molecule has 5 rings (SSSR count). The number of nitrogens with one attached hydrogen (secondary N) is 1. The van der Waals surface area contributed by atoms with Crippen molar-refractivity contribution >= 4 is 39.3 Å². The van der Waals surface area contributed by atoms with Gasteiger partial charge in [-0.25, -0.2) is 4.98 Å². The second-order valence-corrected chi connectivity index (χ2v) is 11.7. The number of imide groups is 1. The Morgan fingerprint density at radius 2 is 1.92 bits per heavy atom. The van der Waals surface area contributed by atoms with Crippen LogP contribution in [-0.2, 0) is 33.6 Å². The molecule has 0 aromatic carbocycles. The highest BCUT2D eigenvalue weighted by atomic mass is 32.1. The minimum absolute atomic E-state index is 0.0586. The molecule has 2 saturated heterocycles. The van der Waals surface area contributed by atoms with E-state index in [9.17, 15) is 27.6 Å². The van der Waals surface area contributed by atoms with Crippen molar-refractivity contribution in [1.82, 2.24) is 25.1 Å². The lowest BCUT2D eigenvalue weighted by molar-refractivity contribution is -0.142. The molecule has 206 valence electrons. The van der Waals surface area contributed by atoms with Gasteiger partial charge in [0.25, 0.3) is 0 Å². The van der Waals surface area contributed by atoms with Gasteiger partial charge < -0.3 is 10.2 Å². The normalized spacial score (nSPS) is 20.0. The Bertz CT molecular complexity index is 1500. The Kier molecular flexibility index (Phi) is 6.74. The van der Waals surface area contributed by atoms with E-state index in [1.165, 1.54) is 22.4 Å². The average Bonchev–Trinajstić information content (AvgIpc) is 3.35. The highest BCUT2D eigenvalue weighted by Gasteiger charge is 2.51. The van der Waals surface area contributed by atoms with Crippen LogP contribution in [0.4, 0.5) is 13.2 Å². The van der Waals surface area contributed by atoms with Crippen LogP contribution < -0.4 is 5.32 Å². The molecular formula is C27H28F3N5O3S. The summed E-state index contributed by atoms with van der Waals surface area (Å²) < 4.78 is 42.0. The van der Waals surface area contributed by atoms with Crippen molar-refractivity contribution in [2.45, 2.75) is 47.0 Å². The fourth-order valence-electron chi connectivity index (χ4n) is 5.00. The second kappa shape index (κ2) is 9.67. The van der Waals surface area contributed by atoms with Gasteiger partial charge in [0.2, 0.25) is 17.7 Å². The summed E-state index contributed by atoms with van der Waals surface area (Å²) in [6, 6.07) is 4.38. The number of fused-ring (bicyclic) bond motifs is 1. The average molecular weight is 560 g/mol. The molecule has 1 atom stereocenters. The van der Waals surface area contributed by atoms with Crippen LogP contribution in [0.15, 0.2) is 24.4 Å². The fraction of sp³-hybridized carbons (Fsp3) is 0.444. The molecule has 2 aliphatic heterocycles. The van der Waals surface area contributed by atoms with Gasteiger partial charge in [-0.3, -0.25) is 24.3 Å². The van der Waals surface area contributed by atoms with E-state index in [-0.39, 0.29) is 43.0 Å². The third kappa shape index (κ3) is 4.80. The van der Waals surface area contributed by atoms with Gasteiger partial charge in [0, 0.05) is 47.8 Å². The lowest BCUT2D eigenvalue weighted by atomic mass is 9.82. The molecule has 2 aliphatic rings. The number of hydrogen-bond acceptors (Lipinski definition) is 7. The molecule has 3 aromatic rings. The van der Waals surface area contributed by atoms with Crippen LogP contribution in [0.5, 0.6) is 0 Å². The lowest BCUT2D eigenvalue weighted by Gasteiger charge is -2.29. The van der Waals surface area contributed by atoms with E-state index in [0.717, 1.165) is 6.07 Å². The summed E-state index contributed by atoms with van der Waals surface area (Å²) >= 11 is 1.27. The molecule has 12 heteroatoms. The molecule has 0 radical (unpaired) electrons. The predicted octanol–water partition coefficient (Wildman–Crippen LogP) is 4.15. The number of amides is 3. The molecule has 3 amide bonds. The summed E-state index contributed by atoms with van der Waals surface area (Å²) in [6.45, 7) is 8.18. The van der Waals surface area contributed by atoms with Crippen molar-refractivity contribution in [1.29, 1.82) is 0 Å². The summed E-state index contributed by atoms with van der Waals surface area (Å²) in [4.78, 5) is 50.2. The van der Waals surface area contributed by atoms with E-state index in [4.69, 9.17) is 0 Å². The third-order valence-electron chi connectivity index (χ3n) is 7.72. The maximum Gasteiger partial charge on any atom is 0.433 e. The lowest BCUT2D eigenvalue weighted by Crippen LogP contribution is -2.47. The Morgan fingerprint density at radius 3 is 2.56 bits per heavy atom. The van der Waals surface area contributed by atoms with E-state index in [1.807, 2.05) is 0 Å². The maximum absolute atomic E-state index is 13.8. The first kappa shape index (κ1) is 27.2. The summed E-state index contributed by atoms with van der Waals surface area (Å²) in [5.74, 6) is -1.11. The number of nitrogens with zero attached hydrogens (tertiary/aromatic N) is 4. The highest BCUT2D eigenvalue weighted by Crippen LogP contribution is 2.41. The Balaban J connectivity index is 1.60. The first-order valence-corrected chi connectivity index (χ1v) is 13.4. The minimum Gasteiger partial charge on any atom is -0.336 e. The zero-order chi connectivity index (χ0) is 28.3. The van der Waals surface area contributed by atoms with Gasteiger partial charge in [-0.05, 0) is 30.7 Å². The zero-order valence-corrected chi connectivity index (χ0v) is 22.8. The summed E-state index contributed by atoms with van der Waals surface area (Å²) in [5, 5.41) is 3.00. The number of hydrogen-bond donors (Lipinski definition) is 1. The fourth-order valence-corrected chi connectivity index (χ4v) is 6.12. The number of aryl methyl sites for hydroxylation is 1. The van der Waals surface area contributed by atoms with Crippen molar-refractivity contribution in [3.63, 3.8) is 0 Å². The van der Waals surface area contributed by atoms with Crippen LogP contribution >= 0.6 is 11.3 Å². The molecule has 0 saturated carbocycles. The molecule has 2 fully saturated rings. The molecule has 1 N–H and O–H groups in total. The van der Waals surface area contributed by atoms with Crippen molar-refractivity contribution in [3.8, 4) is 11.3 Å². The molecule has 0 aliphatic carbocycles. The summed E-state index contributed by atoms with van der Waals surface area (Å²) in [5.41, 5.74) is 0.198. The van der Waals surface area contributed by atoms with Gasteiger partial charge >= 0.3 is 6.18 Å². The molecule has 3 aromatic heterocycles. The number of pyridine rings is 2. The Labute approximate surface area is 227 Å². The number of carbonyl (C=O) groups is 3. The number of aromatic nitrogens is 2. The first-order valence-electron chi connectivity index (χ1n) is 12.6. The molecule has 8 nitrogen and oxygen atoms in total. The van der Waals surface area contributed by atoms with Crippen LogP contribution in [0.25, 0.3) is 21.5 Å². The van der Waals surface area contributed by atoms with E-state index >= 15 is 0 Å². The van der Waals surface area contributed by atoms with Gasteiger partial charge in [-0.1, -0.05) is 20.8 Å². The van der Waals surface area contributed by atoms with E-state index in [0.29, 0.717) is 44.9 Å². The molecule has 1 unspecified atom stereocenters. The van der Waals surface area contributed by atoms with Gasteiger partial charge in [-0.15, -0.1) is 11.3 Å². The van der Waals surface area contributed by atoms with Crippen LogP contribution in [0.1, 0.15) is 42.5 Å². The predicted molar refractivity (Wildman–Crippen MR) is 139 cm³/mol. The number of thiophene rings is 1. The Hall–Kier alpha value is -3.38. The summed E-state index contributed by atoms with van der Waals surface area (Å²) in [7, 11) is 0. The largest absolute Gasteiger partial charge is 0.433 e. The van der Waals surface area contributed by atoms with Gasteiger partial charge in [0.15, 0.2) is 0 Å². The van der Waals surface area contributed by atoms with Gasteiger partial charge in [0.05, 0.1) is 34.4 Å². The number of halogens is 3.